The van der Waals surface area contributed by atoms with Crippen molar-refractivity contribution in [3.8, 4) is 0 Å². The minimum Gasteiger partial charge on any atom is -0.444 e. The van der Waals surface area contributed by atoms with Crippen molar-refractivity contribution in [1.29, 1.82) is 0 Å². The number of alkyl carbamates (subject to hydrolysis) is 1. The number of hydrogen-bond acceptors (Lipinski definition) is 4. The number of hydrogen-bond donors (Lipinski definition) is 2. The van der Waals surface area contributed by atoms with Crippen molar-refractivity contribution in [1.82, 2.24) is 15.6 Å². The Hall–Kier alpha value is -1.62. The van der Waals surface area contributed by atoms with E-state index in [1.807, 2.05) is 39.1 Å². The fourth-order valence-corrected chi connectivity index (χ4v) is 1.62. The number of ether oxygens (including phenoxy) is 1. The van der Waals surface area contributed by atoms with Crippen molar-refractivity contribution < 1.29 is 9.53 Å². The van der Waals surface area contributed by atoms with Crippen LogP contribution in [0.4, 0.5) is 4.79 Å². The Morgan fingerprint density at radius 3 is 2.70 bits per heavy atom. The molecule has 1 heterocycles. The van der Waals surface area contributed by atoms with E-state index in [2.05, 4.69) is 15.6 Å². The second kappa shape index (κ2) is 8.53. The van der Waals surface area contributed by atoms with Crippen LogP contribution in [0.25, 0.3) is 0 Å². The molecule has 0 aliphatic rings. The average Bonchev–Trinajstić information content (AvgIpc) is 2.37. The molecule has 0 atom stereocenters. The lowest BCUT2D eigenvalue weighted by molar-refractivity contribution is 0.0527. The van der Waals surface area contributed by atoms with Crippen LogP contribution in [-0.2, 0) is 11.3 Å². The molecule has 0 aromatic carbocycles. The molecule has 0 aliphatic carbocycles. The number of nitrogens with zero attached hydrogens (tertiary/aromatic N) is 1. The van der Waals surface area contributed by atoms with Gasteiger partial charge < -0.3 is 15.4 Å². The van der Waals surface area contributed by atoms with E-state index in [-0.39, 0.29) is 6.09 Å². The first-order valence-corrected chi connectivity index (χ1v) is 7.04. The molecule has 1 aromatic heterocycles. The lowest BCUT2D eigenvalue weighted by Gasteiger charge is -2.19. The van der Waals surface area contributed by atoms with Crippen LogP contribution >= 0.6 is 0 Å². The maximum Gasteiger partial charge on any atom is 0.407 e. The van der Waals surface area contributed by atoms with Crippen LogP contribution in [0.3, 0.4) is 0 Å². The van der Waals surface area contributed by atoms with Gasteiger partial charge in [-0.15, -0.1) is 0 Å². The molecule has 0 saturated carbocycles. The number of carbonyl (C=O) groups excluding carboxylic acids is 1. The molecule has 0 fully saturated rings. The summed E-state index contributed by atoms with van der Waals surface area (Å²) in [5, 5.41) is 6.09. The number of unbranched alkanes of at least 4 members (excludes halogenated alkanes) is 1. The maximum absolute atomic E-state index is 11.4. The topological polar surface area (TPSA) is 63.2 Å². The van der Waals surface area contributed by atoms with Crippen LogP contribution in [0, 0.1) is 0 Å². The summed E-state index contributed by atoms with van der Waals surface area (Å²) in [7, 11) is 0. The summed E-state index contributed by atoms with van der Waals surface area (Å²) in [5.41, 5.74) is 0.745. The normalized spacial score (nSPS) is 11.2. The van der Waals surface area contributed by atoms with Gasteiger partial charge in [0, 0.05) is 25.5 Å². The Morgan fingerprint density at radius 1 is 1.30 bits per heavy atom. The summed E-state index contributed by atoms with van der Waals surface area (Å²) in [6.45, 7) is 7.96. The van der Waals surface area contributed by atoms with Crippen LogP contribution in [-0.4, -0.2) is 29.8 Å². The summed E-state index contributed by atoms with van der Waals surface area (Å²) >= 11 is 0. The van der Waals surface area contributed by atoms with Gasteiger partial charge in [0.15, 0.2) is 0 Å². The molecule has 0 unspecified atom stereocenters. The predicted molar refractivity (Wildman–Crippen MR) is 79.4 cm³/mol. The monoisotopic (exact) mass is 279 g/mol. The number of nitrogens with one attached hydrogen (secondary N) is 2. The van der Waals surface area contributed by atoms with Crippen LogP contribution in [0.2, 0.25) is 0 Å². The third-order valence-corrected chi connectivity index (χ3v) is 2.50. The first-order valence-electron chi connectivity index (χ1n) is 7.04. The number of aromatic nitrogens is 1. The van der Waals surface area contributed by atoms with Crippen LogP contribution in [0.15, 0.2) is 24.5 Å². The summed E-state index contributed by atoms with van der Waals surface area (Å²) in [5.74, 6) is 0. The number of amides is 1. The first-order chi connectivity index (χ1) is 9.47. The molecule has 20 heavy (non-hydrogen) atoms. The van der Waals surface area contributed by atoms with Crippen molar-refractivity contribution in [3.05, 3.63) is 30.1 Å². The minimum absolute atomic E-state index is 0.346. The van der Waals surface area contributed by atoms with E-state index in [1.165, 1.54) is 5.56 Å². The zero-order valence-electron chi connectivity index (χ0n) is 12.6. The van der Waals surface area contributed by atoms with Crippen molar-refractivity contribution in [2.24, 2.45) is 0 Å². The van der Waals surface area contributed by atoms with Crippen LogP contribution in [0.1, 0.15) is 39.2 Å². The summed E-state index contributed by atoms with van der Waals surface area (Å²) < 4.78 is 5.15. The molecule has 0 saturated heterocycles. The molecule has 1 rings (SSSR count). The highest BCUT2D eigenvalue weighted by Gasteiger charge is 2.15. The predicted octanol–water partition coefficient (Wildman–Crippen LogP) is 2.48. The second-order valence-corrected chi connectivity index (χ2v) is 5.67. The Kier molecular flexibility index (Phi) is 7.01. The van der Waals surface area contributed by atoms with Gasteiger partial charge in [-0.05, 0) is 51.8 Å². The lowest BCUT2D eigenvalue weighted by atomic mass is 10.2. The van der Waals surface area contributed by atoms with Gasteiger partial charge in [-0.3, -0.25) is 4.98 Å². The molecule has 0 bridgehead atoms. The van der Waals surface area contributed by atoms with Crippen molar-refractivity contribution >= 4 is 6.09 Å². The van der Waals surface area contributed by atoms with Crippen LogP contribution < -0.4 is 10.6 Å². The van der Waals surface area contributed by atoms with Crippen LogP contribution in [0.5, 0.6) is 0 Å². The molecule has 112 valence electrons. The third-order valence-electron chi connectivity index (χ3n) is 2.50. The highest BCUT2D eigenvalue weighted by Crippen LogP contribution is 2.06. The smallest absolute Gasteiger partial charge is 0.407 e. The van der Waals surface area contributed by atoms with E-state index in [0.717, 1.165) is 25.9 Å². The molecular weight excluding hydrogens is 254 g/mol. The zero-order chi connectivity index (χ0) is 14.8. The summed E-state index contributed by atoms with van der Waals surface area (Å²) in [6.07, 6.45) is 5.22. The summed E-state index contributed by atoms with van der Waals surface area (Å²) in [6, 6.07) is 3.98. The standard InChI is InChI=1S/C15H25N3O2/c1-15(2,3)20-14(19)18-10-5-4-8-16-11-13-7-6-9-17-12-13/h6-7,9,12,16H,4-5,8,10-11H2,1-3H3,(H,18,19). The van der Waals surface area contributed by atoms with Gasteiger partial charge in [-0.2, -0.15) is 0 Å². The fourth-order valence-electron chi connectivity index (χ4n) is 1.62. The Balaban J connectivity index is 1.96. The van der Waals surface area contributed by atoms with Gasteiger partial charge >= 0.3 is 6.09 Å². The molecule has 1 amide bonds. The molecule has 0 spiro atoms. The number of pyridine rings is 1. The Morgan fingerprint density at radius 2 is 2.05 bits per heavy atom. The van der Waals surface area contributed by atoms with E-state index in [1.54, 1.807) is 6.20 Å². The second-order valence-electron chi connectivity index (χ2n) is 5.67. The van der Waals surface area contributed by atoms with E-state index >= 15 is 0 Å². The van der Waals surface area contributed by atoms with Crippen molar-refractivity contribution in [2.45, 2.75) is 45.8 Å². The Labute approximate surface area is 121 Å². The van der Waals surface area contributed by atoms with Gasteiger partial charge in [-0.1, -0.05) is 6.07 Å². The zero-order valence-corrected chi connectivity index (χ0v) is 12.6. The average molecular weight is 279 g/mol. The molecule has 1 aromatic rings. The van der Waals surface area contributed by atoms with E-state index in [9.17, 15) is 4.79 Å². The number of rotatable bonds is 7. The van der Waals surface area contributed by atoms with Gasteiger partial charge in [0.05, 0.1) is 0 Å². The van der Waals surface area contributed by atoms with Crippen molar-refractivity contribution in [2.75, 3.05) is 13.1 Å². The SMILES string of the molecule is CC(C)(C)OC(=O)NCCCCNCc1cccnc1. The van der Waals surface area contributed by atoms with Gasteiger partial charge in [0.2, 0.25) is 0 Å². The Bertz CT molecular complexity index is 388. The van der Waals surface area contributed by atoms with Gasteiger partial charge in [-0.25, -0.2) is 4.79 Å². The quantitative estimate of drug-likeness (QED) is 0.753. The number of carbonyl (C=O) groups is 1. The first kappa shape index (κ1) is 16.4. The third kappa shape index (κ3) is 8.48. The molecule has 5 heteroatoms. The maximum atomic E-state index is 11.4. The molecule has 5 nitrogen and oxygen atoms in total. The summed E-state index contributed by atoms with van der Waals surface area (Å²) in [4.78, 5) is 15.4. The van der Waals surface area contributed by atoms with E-state index in [0.29, 0.717) is 6.54 Å². The van der Waals surface area contributed by atoms with Gasteiger partial charge in [0.1, 0.15) is 5.60 Å². The molecular formula is C15H25N3O2. The molecule has 2 N–H and O–H groups in total. The highest BCUT2D eigenvalue weighted by molar-refractivity contribution is 5.67. The van der Waals surface area contributed by atoms with E-state index in [4.69, 9.17) is 4.74 Å². The van der Waals surface area contributed by atoms with Crippen molar-refractivity contribution in [3.63, 3.8) is 0 Å². The van der Waals surface area contributed by atoms with E-state index < -0.39 is 5.60 Å². The van der Waals surface area contributed by atoms with Gasteiger partial charge in [0.25, 0.3) is 0 Å². The fraction of sp³-hybridized carbons (Fsp3) is 0.600. The minimum atomic E-state index is -0.435. The molecule has 0 aliphatic heterocycles. The highest BCUT2D eigenvalue weighted by atomic mass is 16.6. The largest absolute Gasteiger partial charge is 0.444 e. The lowest BCUT2D eigenvalue weighted by Crippen LogP contribution is -2.33. The molecule has 0 radical (unpaired) electrons.